The number of nitrogens with one attached hydrogen (secondary N) is 2. The van der Waals surface area contributed by atoms with Crippen LogP contribution in [-0.2, 0) is 6.54 Å². The number of amides is 1. The van der Waals surface area contributed by atoms with E-state index in [0.29, 0.717) is 23.8 Å². The third kappa shape index (κ3) is 4.51. The monoisotopic (exact) mass is 335 g/mol. The van der Waals surface area contributed by atoms with E-state index in [1.807, 2.05) is 12.1 Å². The predicted molar refractivity (Wildman–Crippen MR) is 94.5 cm³/mol. The van der Waals surface area contributed by atoms with Crippen molar-refractivity contribution in [3.05, 3.63) is 72.4 Å². The lowest BCUT2D eigenvalue weighted by Crippen LogP contribution is -2.14. The minimum Gasteiger partial charge on any atom is -0.497 e. The number of anilines is 2. The molecular weight excluding hydrogens is 318 g/mol. The Morgan fingerprint density at radius 2 is 2.08 bits per heavy atom. The lowest BCUT2D eigenvalue weighted by Gasteiger charge is -2.08. The Kier molecular flexibility index (Phi) is 5.16. The normalized spacial score (nSPS) is 10.1. The molecule has 3 aromatic rings. The lowest BCUT2D eigenvalue weighted by molar-refractivity contribution is 0.102. The first-order valence-corrected chi connectivity index (χ1v) is 7.65. The van der Waals surface area contributed by atoms with Crippen LogP contribution in [0.15, 0.2) is 61.2 Å². The summed E-state index contributed by atoms with van der Waals surface area (Å²) in [5, 5.41) is 5.93. The molecule has 0 aliphatic heterocycles. The molecule has 0 aliphatic carbocycles. The van der Waals surface area contributed by atoms with Gasteiger partial charge in [0.05, 0.1) is 7.11 Å². The van der Waals surface area contributed by atoms with E-state index < -0.39 is 0 Å². The van der Waals surface area contributed by atoms with Crippen molar-refractivity contribution in [1.29, 1.82) is 0 Å². The summed E-state index contributed by atoms with van der Waals surface area (Å²) in [4.78, 5) is 24.6. The fourth-order valence-corrected chi connectivity index (χ4v) is 2.17. The van der Waals surface area contributed by atoms with Gasteiger partial charge in [0.1, 0.15) is 23.6 Å². The van der Waals surface area contributed by atoms with Crippen molar-refractivity contribution >= 4 is 17.4 Å². The minimum absolute atomic E-state index is 0.270. The number of methoxy groups -OCH3 is 1. The summed E-state index contributed by atoms with van der Waals surface area (Å²) in [7, 11) is 1.57. The summed E-state index contributed by atoms with van der Waals surface area (Å²) in [5.74, 6) is 0.911. The molecule has 0 bridgehead atoms. The molecule has 7 heteroatoms. The Morgan fingerprint density at radius 3 is 2.88 bits per heavy atom. The topological polar surface area (TPSA) is 89.0 Å². The molecule has 2 heterocycles. The van der Waals surface area contributed by atoms with Crippen molar-refractivity contribution in [3.8, 4) is 5.75 Å². The Hall–Kier alpha value is -3.48. The highest BCUT2D eigenvalue weighted by molar-refractivity contribution is 6.03. The van der Waals surface area contributed by atoms with Gasteiger partial charge >= 0.3 is 0 Å². The van der Waals surface area contributed by atoms with Crippen molar-refractivity contribution < 1.29 is 9.53 Å². The summed E-state index contributed by atoms with van der Waals surface area (Å²) in [6.07, 6.45) is 4.84. The number of hydrogen-bond acceptors (Lipinski definition) is 6. The van der Waals surface area contributed by atoms with E-state index in [1.54, 1.807) is 49.8 Å². The summed E-state index contributed by atoms with van der Waals surface area (Å²) in [6, 6.07) is 12.5. The van der Waals surface area contributed by atoms with E-state index in [9.17, 15) is 4.79 Å². The van der Waals surface area contributed by atoms with Crippen LogP contribution >= 0.6 is 0 Å². The minimum atomic E-state index is -0.319. The van der Waals surface area contributed by atoms with Gasteiger partial charge in [-0.05, 0) is 23.8 Å². The molecule has 1 aromatic carbocycles. The molecule has 0 saturated heterocycles. The number of ether oxygens (including phenoxy) is 1. The molecule has 1 amide bonds. The highest BCUT2D eigenvalue weighted by atomic mass is 16.5. The fourth-order valence-electron chi connectivity index (χ4n) is 2.17. The van der Waals surface area contributed by atoms with E-state index >= 15 is 0 Å². The predicted octanol–water partition coefficient (Wildman–Crippen LogP) is 2.74. The second-order valence-corrected chi connectivity index (χ2v) is 5.19. The molecule has 0 unspecified atom stereocenters. The molecule has 2 aromatic heterocycles. The number of benzene rings is 1. The van der Waals surface area contributed by atoms with E-state index in [0.717, 1.165) is 5.56 Å². The third-order valence-electron chi connectivity index (χ3n) is 3.42. The summed E-state index contributed by atoms with van der Waals surface area (Å²) >= 11 is 0. The molecule has 3 rings (SSSR count). The molecule has 0 radical (unpaired) electrons. The molecule has 25 heavy (non-hydrogen) atoms. The van der Waals surface area contributed by atoms with Gasteiger partial charge in [-0.25, -0.2) is 9.97 Å². The number of carbonyl (C=O) groups excluding carboxylic acids is 1. The first kappa shape index (κ1) is 16.4. The Morgan fingerprint density at radius 1 is 1.16 bits per heavy atom. The SMILES string of the molecule is COc1cccc(NC(=O)c2cc(NCc3cccnc3)ncn2)c1. The number of nitrogens with zero attached hydrogens (tertiary/aromatic N) is 3. The van der Waals surface area contributed by atoms with Gasteiger partial charge in [-0.15, -0.1) is 0 Å². The van der Waals surface area contributed by atoms with E-state index in [4.69, 9.17) is 4.74 Å². The average Bonchev–Trinajstić information content (AvgIpc) is 2.67. The van der Waals surface area contributed by atoms with Crippen molar-refractivity contribution in [3.63, 3.8) is 0 Å². The van der Waals surface area contributed by atoms with Gasteiger partial charge in [-0.1, -0.05) is 12.1 Å². The maximum atomic E-state index is 12.4. The van der Waals surface area contributed by atoms with Gasteiger partial charge in [0.25, 0.3) is 5.91 Å². The smallest absolute Gasteiger partial charge is 0.274 e. The molecule has 0 spiro atoms. The molecule has 0 fully saturated rings. The second kappa shape index (κ2) is 7.87. The first-order valence-electron chi connectivity index (χ1n) is 7.65. The van der Waals surface area contributed by atoms with Crippen LogP contribution in [0.3, 0.4) is 0 Å². The van der Waals surface area contributed by atoms with Crippen LogP contribution in [0.5, 0.6) is 5.75 Å². The van der Waals surface area contributed by atoms with Crippen LogP contribution in [0.4, 0.5) is 11.5 Å². The number of hydrogen-bond donors (Lipinski definition) is 2. The second-order valence-electron chi connectivity index (χ2n) is 5.19. The van der Waals surface area contributed by atoms with Gasteiger partial charge in [-0.3, -0.25) is 9.78 Å². The Bertz CT molecular complexity index is 855. The first-order chi connectivity index (χ1) is 12.2. The van der Waals surface area contributed by atoms with Crippen molar-refractivity contribution in [2.24, 2.45) is 0 Å². The summed E-state index contributed by atoms with van der Waals surface area (Å²) < 4.78 is 5.14. The van der Waals surface area contributed by atoms with Crippen molar-refractivity contribution in [2.75, 3.05) is 17.7 Å². The van der Waals surface area contributed by atoms with Gasteiger partial charge in [0.2, 0.25) is 0 Å². The van der Waals surface area contributed by atoms with Crippen LogP contribution < -0.4 is 15.4 Å². The van der Waals surface area contributed by atoms with Gasteiger partial charge < -0.3 is 15.4 Å². The molecule has 2 N–H and O–H groups in total. The molecule has 126 valence electrons. The standard InChI is InChI=1S/C18H17N5O2/c1-25-15-6-2-5-14(8-15)23-18(24)16-9-17(22-12-21-16)20-11-13-4-3-7-19-10-13/h2-10,12H,11H2,1H3,(H,23,24)(H,20,21,22). The van der Waals surface area contributed by atoms with E-state index in [1.165, 1.54) is 6.33 Å². The van der Waals surface area contributed by atoms with Crippen molar-refractivity contribution in [2.45, 2.75) is 6.54 Å². The number of rotatable bonds is 6. The number of carbonyl (C=O) groups is 1. The number of pyridine rings is 1. The van der Waals surface area contributed by atoms with Gasteiger partial charge in [-0.2, -0.15) is 0 Å². The zero-order valence-electron chi connectivity index (χ0n) is 13.6. The van der Waals surface area contributed by atoms with Gasteiger partial charge in [0.15, 0.2) is 0 Å². The zero-order valence-corrected chi connectivity index (χ0v) is 13.6. The van der Waals surface area contributed by atoms with E-state index in [2.05, 4.69) is 25.6 Å². The molecule has 0 aliphatic rings. The maximum Gasteiger partial charge on any atom is 0.274 e. The molecular formula is C18H17N5O2. The number of aromatic nitrogens is 3. The largest absolute Gasteiger partial charge is 0.497 e. The van der Waals surface area contributed by atoms with Crippen LogP contribution in [0.2, 0.25) is 0 Å². The molecule has 0 atom stereocenters. The van der Waals surface area contributed by atoms with Gasteiger partial charge in [0, 0.05) is 36.8 Å². The Labute approximate surface area is 145 Å². The van der Waals surface area contributed by atoms with Crippen LogP contribution in [0.25, 0.3) is 0 Å². The summed E-state index contributed by atoms with van der Waals surface area (Å²) in [5.41, 5.74) is 1.92. The molecule has 7 nitrogen and oxygen atoms in total. The van der Waals surface area contributed by atoms with Crippen molar-refractivity contribution in [1.82, 2.24) is 15.0 Å². The Balaban J connectivity index is 1.66. The van der Waals surface area contributed by atoms with Crippen LogP contribution in [0, 0.1) is 0 Å². The van der Waals surface area contributed by atoms with Crippen LogP contribution in [0.1, 0.15) is 16.1 Å². The highest BCUT2D eigenvalue weighted by Crippen LogP contribution is 2.17. The third-order valence-corrected chi connectivity index (χ3v) is 3.42. The maximum absolute atomic E-state index is 12.4. The van der Waals surface area contributed by atoms with E-state index in [-0.39, 0.29) is 11.6 Å². The molecule has 0 saturated carbocycles. The highest BCUT2D eigenvalue weighted by Gasteiger charge is 2.09. The zero-order chi connectivity index (χ0) is 17.5. The van der Waals surface area contributed by atoms with Crippen LogP contribution in [-0.4, -0.2) is 28.0 Å². The fraction of sp³-hybridized carbons (Fsp3) is 0.111. The average molecular weight is 335 g/mol. The quantitative estimate of drug-likeness (QED) is 0.720. The summed E-state index contributed by atoms with van der Waals surface area (Å²) in [6.45, 7) is 0.557. The lowest BCUT2D eigenvalue weighted by atomic mass is 10.2.